The highest BCUT2D eigenvalue weighted by Crippen LogP contribution is 2.38. The summed E-state index contributed by atoms with van der Waals surface area (Å²) in [5.74, 6) is -0.970. The lowest BCUT2D eigenvalue weighted by atomic mass is 9.93. The molecule has 0 aliphatic carbocycles. The summed E-state index contributed by atoms with van der Waals surface area (Å²) in [7, 11) is 1.76. The highest BCUT2D eigenvalue weighted by Gasteiger charge is 2.25. The van der Waals surface area contributed by atoms with Crippen molar-refractivity contribution < 1.29 is 13.6 Å². The van der Waals surface area contributed by atoms with Crippen molar-refractivity contribution in [3.63, 3.8) is 0 Å². The number of pyridine rings is 1. The van der Waals surface area contributed by atoms with Crippen molar-refractivity contribution in [2.24, 2.45) is 7.05 Å². The first kappa shape index (κ1) is 25.3. The van der Waals surface area contributed by atoms with Crippen LogP contribution >= 0.6 is 11.6 Å². The Kier molecular flexibility index (Phi) is 6.81. The maximum Gasteiger partial charge on any atom is 0.228 e. The first-order valence-electron chi connectivity index (χ1n) is 11.8. The monoisotopic (exact) mass is 535 g/mol. The number of fused-ring (bicyclic) bond motifs is 1. The van der Waals surface area contributed by atoms with E-state index in [1.54, 1.807) is 30.2 Å². The molecule has 0 fully saturated rings. The van der Waals surface area contributed by atoms with E-state index < -0.39 is 17.7 Å². The van der Waals surface area contributed by atoms with E-state index in [4.69, 9.17) is 22.3 Å². The van der Waals surface area contributed by atoms with Gasteiger partial charge in [-0.1, -0.05) is 23.7 Å². The molecule has 0 bridgehead atoms. The maximum atomic E-state index is 14.1. The largest absolute Gasteiger partial charge is 0.382 e. The average Bonchev–Trinajstić information content (AvgIpc) is 3.46. The van der Waals surface area contributed by atoms with Crippen molar-refractivity contribution in [3.05, 3.63) is 94.3 Å². The Morgan fingerprint density at radius 2 is 1.89 bits per heavy atom. The number of benzene rings is 2. The Morgan fingerprint density at radius 3 is 2.61 bits per heavy atom. The third kappa shape index (κ3) is 5.08. The van der Waals surface area contributed by atoms with Crippen molar-refractivity contribution in [3.8, 4) is 11.1 Å². The molecule has 3 aromatic heterocycles. The van der Waals surface area contributed by atoms with E-state index in [0.29, 0.717) is 44.3 Å². The fourth-order valence-corrected chi connectivity index (χ4v) is 4.92. The SMILES string of the molecule is Cc1ccc(-c2ccc(Cl)c3c(N)nn(C)c23)c([C@H](Cc2cc(F)cc(F)c2)NC(=O)Cc2ncc[nH]2)n1. The molecule has 0 aliphatic heterocycles. The number of hydrogen-bond acceptors (Lipinski definition) is 5. The van der Waals surface area contributed by atoms with Crippen molar-refractivity contribution >= 4 is 34.2 Å². The minimum absolute atomic E-state index is 0.00832. The van der Waals surface area contributed by atoms with E-state index in [1.807, 2.05) is 25.1 Å². The second-order valence-corrected chi connectivity index (χ2v) is 9.43. The molecule has 3 heterocycles. The van der Waals surface area contributed by atoms with Crippen molar-refractivity contribution in [2.45, 2.75) is 25.8 Å². The Morgan fingerprint density at radius 1 is 1.16 bits per heavy atom. The lowest BCUT2D eigenvalue weighted by molar-refractivity contribution is -0.121. The number of halogens is 3. The number of aromatic amines is 1. The second-order valence-electron chi connectivity index (χ2n) is 9.03. The van der Waals surface area contributed by atoms with Gasteiger partial charge in [0, 0.05) is 42.3 Å². The molecule has 0 aliphatic rings. The fourth-order valence-electron chi connectivity index (χ4n) is 4.67. The van der Waals surface area contributed by atoms with E-state index in [1.165, 1.54) is 12.1 Å². The molecule has 0 spiro atoms. The van der Waals surface area contributed by atoms with Crippen molar-refractivity contribution in [2.75, 3.05) is 5.73 Å². The van der Waals surface area contributed by atoms with Crippen LogP contribution in [0.5, 0.6) is 0 Å². The van der Waals surface area contributed by atoms with Crippen LogP contribution in [0.1, 0.15) is 28.8 Å². The molecule has 5 aromatic rings. The number of nitrogens with one attached hydrogen (secondary N) is 2. The number of carbonyl (C=O) groups is 1. The van der Waals surface area contributed by atoms with Crippen LogP contribution in [0.2, 0.25) is 5.02 Å². The van der Waals surface area contributed by atoms with Gasteiger partial charge >= 0.3 is 0 Å². The summed E-state index contributed by atoms with van der Waals surface area (Å²) >= 11 is 6.45. The molecule has 4 N–H and O–H groups in total. The Balaban J connectivity index is 1.64. The Hall–Kier alpha value is -4.31. The van der Waals surface area contributed by atoms with Crippen LogP contribution in [0.4, 0.5) is 14.6 Å². The zero-order valence-electron chi connectivity index (χ0n) is 20.6. The minimum Gasteiger partial charge on any atom is -0.382 e. The smallest absolute Gasteiger partial charge is 0.228 e. The summed E-state index contributed by atoms with van der Waals surface area (Å²) in [4.78, 5) is 24.9. The minimum atomic E-state index is -0.732. The average molecular weight is 536 g/mol. The van der Waals surface area contributed by atoms with Crippen LogP contribution in [0.3, 0.4) is 0 Å². The van der Waals surface area contributed by atoms with Gasteiger partial charge in [-0.3, -0.25) is 14.5 Å². The Labute approximate surface area is 221 Å². The third-order valence-electron chi connectivity index (χ3n) is 6.23. The van der Waals surface area contributed by atoms with Crippen LogP contribution in [0.15, 0.2) is 54.9 Å². The van der Waals surface area contributed by atoms with Crippen molar-refractivity contribution in [1.82, 2.24) is 30.0 Å². The van der Waals surface area contributed by atoms with Gasteiger partial charge in [0.15, 0.2) is 5.82 Å². The molecule has 2 aromatic carbocycles. The summed E-state index contributed by atoms with van der Waals surface area (Å²) in [5, 5.41) is 8.38. The van der Waals surface area contributed by atoms with Crippen molar-refractivity contribution in [1.29, 1.82) is 0 Å². The number of rotatable bonds is 7. The van der Waals surface area contributed by atoms with E-state index in [9.17, 15) is 13.6 Å². The molecule has 194 valence electrons. The number of nitrogens with two attached hydrogens (primary N) is 1. The summed E-state index contributed by atoms with van der Waals surface area (Å²) < 4.78 is 29.8. The zero-order chi connectivity index (χ0) is 27.0. The third-order valence-corrected chi connectivity index (χ3v) is 6.54. The molecular weight excluding hydrogens is 512 g/mol. The lowest BCUT2D eigenvalue weighted by Gasteiger charge is -2.22. The molecule has 0 radical (unpaired) electrons. The van der Waals surface area contributed by atoms with Gasteiger partial charge in [-0.2, -0.15) is 5.10 Å². The molecule has 5 rings (SSSR count). The topological polar surface area (TPSA) is 115 Å². The number of imidazole rings is 1. The molecule has 0 saturated carbocycles. The summed E-state index contributed by atoms with van der Waals surface area (Å²) in [5.41, 5.74) is 9.86. The number of aromatic nitrogens is 5. The molecule has 0 unspecified atom stereocenters. The number of hydrogen-bond donors (Lipinski definition) is 3. The van der Waals surface area contributed by atoms with E-state index in [0.717, 1.165) is 11.6 Å². The molecule has 0 saturated heterocycles. The molecule has 38 heavy (non-hydrogen) atoms. The number of H-pyrrole nitrogens is 1. The lowest BCUT2D eigenvalue weighted by Crippen LogP contribution is -2.32. The van der Waals surface area contributed by atoms with E-state index in [2.05, 4.69) is 20.4 Å². The van der Waals surface area contributed by atoms with Crippen LogP contribution in [-0.2, 0) is 24.7 Å². The summed E-state index contributed by atoms with van der Waals surface area (Å²) in [6.45, 7) is 1.83. The number of anilines is 1. The number of amides is 1. The Bertz CT molecular complexity index is 1630. The number of nitrogens with zero attached hydrogens (tertiary/aromatic N) is 4. The van der Waals surface area contributed by atoms with Gasteiger partial charge < -0.3 is 16.0 Å². The van der Waals surface area contributed by atoms with Gasteiger partial charge in [-0.15, -0.1) is 0 Å². The first-order chi connectivity index (χ1) is 18.2. The quantitative estimate of drug-likeness (QED) is 0.276. The second kappa shape index (κ2) is 10.2. The number of aryl methyl sites for hydroxylation is 2. The van der Waals surface area contributed by atoms with Gasteiger partial charge in [0.2, 0.25) is 5.91 Å². The van der Waals surface area contributed by atoms with Crippen LogP contribution in [-0.4, -0.2) is 30.6 Å². The predicted octanol–water partition coefficient (Wildman–Crippen LogP) is 4.82. The summed E-state index contributed by atoms with van der Waals surface area (Å²) in [6, 6.07) is 9.87. The van der Waals surface area contributed by atoms with Gasteiger partial charge in [0.1, 0.15) is 17.5 Å². The standard InChI is InChI=1S/C27H24ClF2N7O/c1-14-3-4-18(19-5-6-20(28)24-26(19)37(2)36-27(24)31)25(34-14)21(11-15-9-16(29)12-17(30)10-15)35-23(38)13-22-32-7-8-33-22/h3-10,12,21H,11,13H2,1-2H3,(H2,31,36)(H,32,33)(H,35,38)/t21-/m0/s1. The van der Waals surface area contributed by atoms with Gasteiger partial charge in [0.25, 0.3) is 0 Å². The number of nitrogen functional groups attached to an aromatic ring is 1. The predicted molar refractivity (Wildman–Crippen MR) is 141 cm³/mol. The molecule has 1 amide bonds. The molecule has 1 atom stereocenters. The molecule has 8 nitrogen and oxygen atoms in total. The van der Waals surface area contributed by atoms with Crippen LogP contribution < -0.4 is 11.1 Å². The highest BCUT2D eigenvalue weighted by atomic mass is 35.5. The normalized spacial score (nSPS) is 12.1. The molecular formula is C27H24ClF2N7O. The van der Waals surface area contributed by atoms with Gasteiger partial charge in [-0.05, 0) is 43.2 Å². The zero-order valence-corrected chi connectivity index (χ0v) is 21.4. The van der Waals surface area contributed by atoms with E-state index in [-0.39, 0.29) is 24.6 Å². The van der Waals surface area contributed by atoms with Crippen LogP contribution in [0.25, 0.3) is 22.0 Å². The number of carbonyl (C=O) groups excluding carboxylic acids is 1. The first-order valence-corrected chi connectivity index (χ1v) is 12.2. The van der Waals surface area contributed by atoms with E-state index >= 15 is 0 Å². The maximum absolute atomic E-state index is 14.1. The van der Waals surface area contributed by atoms with Gasteiger partial charge in [0.05, 0.1) is 34.1 Å². The highest BCUT2D eigenvalue weighted by molar-refractivity contribution is 6.37. The van der Waals surface area contributed by atoms with Crippen LogP contribution in [0, 0.1) is 18.6 Å². The van der Waals surface area contributed by atoms with Gasteiger partial charge in [-0.25, -0.2) is 13.8 Å². The fraction of sp³-hybridized carbons (Fsp3) is 0.185. The summed E-state index contributed by atoms with van der Waals surface area (Å²) in [6.07, 6.45) is 3.26. The molecule has 11 heteroatoms.